The van der Waals surface area contributed by atoms with E-state index in [1.165, 1.54) is 42.2 Å². The van der Waals surface area contributed by atoms with E-state index in [4.69, 9.17) is 0 Å². The highest BCUT2D eigenvalue weighted by molar-refractivity contribution is 7.11. The lowest BCUT2D eigenvalue weighted by Gasteiger charge is -2.49. The van der Waals surface area contributed by atoms with Crippen LogP contribution < -0.4 is 5.32 Å². The summed E-state index contributed by atoms with van der Waals surface area (Å²) < 4.78 is 0. The van der Waals surface area contributed by atoms with Crippen LogP contribution in [0.5, 0.6) is 0 Å². The lowest BCUT2D eigenvalue weighted by molar-refractivity contribution is 0.0290. The van der Waals surface area contributed by atoms with Crippen molar-refractivity contribution in [1.29, 1.82) is 0 Å². The largest absolute Gasteiger partial charge is 0.307 e. The highest BCUT2D eigenvalue weighted by Crippen LogP contribution is 2.35. The van der Waals surface area contributed by atoms with E-state index in [0.717, 1.165) is 24.8 Å². The van der Waals surface area contributed by atoms with E-state index < -0.39 is 0 Å². The second kappa shape index (κ2) is 6.76. The Balaban J connectivity index is 1.60. The maximum Gasteiger partial charge on any atom is 0.107 e. The van der Waals surface area contributed by atoms with Crippen LogP contribution in [0.2, 0.25) is 0 Å². The van der Waals surface area contributed by atoms with Gasteiger partial charge in [-0.3, -0.25) is 0 Å². The smallest absolute Gasteiger partial charge is 0.107 e. The number of rotatable bonds is 5. The molecule has 118 valence electrons. The summed E-state index contributed by atoms with van der Waals surface area (Å²) >= 11 is 1.87. The van der Waals surface area contributed by atoms with E-state index in [2.05, 4.69) is 36.0 Å². The van der Waals surface area contributed by atoms with Crippen LogP contribution in [0.3, 0.4) is 0 Å². The molecule has 3 nitrogen and oxygen atoms in total. The summed E-state index contributed by atoms with van der Waals surface area (Å²) in [6.07, 6.45) is 7.38. The van der Waals surface area contributed by atoms with Gasteiger partial charge in [-0.05, 0) is 44.9 Å². The maximum atomic E-state index is 4.55. The van der Waals surface area contributed by atoms with Crippen molar-refractivity contribution in [2.75, 3.05) is 13.1 Å². The minimum Gasteiger partial charge on any atom is -0.307 e. The standard InChI is InChI=1S/C17H29N3S/c1-4-15-8-18-16(21-15)9-19-17-13-6-5-7-14(17)11-20(10-13)12(2)3/h8,12-14,17,19H,4-7,9-11H2,1-3H3. The molecule has 2 bridgehead atoms. The summed E-state index contributed by atoms with van der Waals surface area (Å²) in [5.74, 6) is 1.68. The number of likely N-dealkylation sites (tertiary alicyclic amines) is 1. The normalized spacial score (nSPS) is 30.0. The highest BCUT2D eigenvalue weighted by atomic mass is 32.1. The van der Waals surface area contributed by atoms with Gasteiger partial charge < -0.3 is 10.2 Å². The number of aryl methyl sites for hydroxylation is 1. The third kappa shape index (κ3) is 3.49. The molecule has 3 rings (SSSR count). The van der Waals surface area contributed by atoms with Gasteiger partial charge in [0.1, 0.15) is 5.01 Å². The number of aromatic nitrogens is 1. The Morgan fingerprint density at radius 1 is 1.33 bits per heavy atom. The van der Waals surface area contributed by atoms with Gasteiger partial charge in [-0.25, -0.2) is 4.98 Å². The first-order valence-electron chi connectivity index (χ1n) is 8.58. The molecule has 2 aliphatic rings. The number of piperidine rings is 1. The molecule has 1 aliphatic carbocycles. The molecule has 1 saturated heterocycles. The Morgan fingerprint density at radius 2 is 2.05 bits per heavy atom. The molecule has 2 heterocycles. The first-order valence-corrected chi connectivity index (χ1v) is 9.40. The molecule has 21 heavy (non-hydrogen) atoms. The van der Waals surface area contributed by atoms with Gasteiger partial charge in [-0.2, -0.15) is 0 Å². The third-order valence-electron chi connectivity index (χ3n) is 5.27. The fourth-order valence-electron chi connectivity index (χ4n) is 4.03. The van der Waals surface area contributed by atoms with Crippen molar-refractivity contribution in [3.8, 4) is 0 Å². The van der Waals surface area contributed by atoms with Gasteiger partial charge in [0, 0.05) is 42.8 Å². The monoisotopic (exact) mass is 307 g/mol. The molecule has 0 aromatic carbocycles. The summed E-state index contributed by atoms with van der Waals surface area (Å²) in [6.45, 7) is 10.4. The van der Waals surface area contributed by atoms with Crippen LogP contribution in [0, 0.1) is 11.8 Å². The summed E-state index contributed by atoms with van der Waals surface area (Å²) in [7, 11) is 0. The van der Waals surface area contributed by atoms with Crippen LogP contribution in [0.1, 0.15) is 49.9 Å². The predicted octanol–water partition coefficient (Wildman–Crippen LogP) is 3.30. The molecule has 1 saturated carbocycles. The van der Waals surface area contributed by atoms with E-state index in [-0.39, 0.29) is 0 Å². The molecular weight excluding hydrogens is 278 g/mol. The fourth-order valence-corrected chi connectivity index (χ4v) is 4.84. The van der Waals surface area contributed by atoms with Gasteiger partial charge >= 0.3 is 0 Å². The molecule has 0 amide bonds. The second-order valence-corrected chi connectivity index (χ2v) is 8.18. The van der Waals surface area contributed by atoms with Gasteiger partial charge in [0.2, 0.25) is 0 Å². The Kier molecular flexibility index (Phi) is 4.97. The number of hydrogen-bond acceptors (Lipinski definition) is 4. The third-order valence-corrected chi connectivity index (χ3v) is 6.41. The summed E-state index contributed by atoms with van der Waals surface area (Å²) in [5, 5.41) is 5.12. The van der Waals surface area contributed by atoms with Crippen LogP contribution >= 0.6 is 11.3 Å². The lowest BCUT2D eigenvalue weighted by atomic mass is 9.73. The Labute approximate surface area is 133 Å². The molecule has 4 heteroatoms. The predicted molar refractivity (Wildman–Crippen MR) is 89.7 cm³/mol. The average Bonchev–Trinajstić information content (AvgIpc) is 2.92. The first-order chi connectivity index (χ1) is 10.2. The van der Waals surface area contributed by atoms with E-state index in [0.29, 0.717) is 12.1 Å². The second-order valence-electron chi connectivity index (χ2n) is 6.98. The van der Waals surface area contributed by atoms with Crippen molar-refractivity contribution in [3.63, 3.8) is 0 Å². The van der Waals surface area contributed by atoms with E-state index >= 15 is 0 Å². The van der Waals surface area contributed by atoms with Crippen molar-refractivity contribution in [2.45, 2.75) is 65.1 Å². The van der Waals surface area contributed by atoms with Crippen LogP contribution in [-0.2, 0) is 13.0 Å². The van der Waals surface area contributed by atoms with Crippen molar-refractivity contribution in [2.24, 2.45) is 11.8 Å². The molecule has 1 aliphatic heterocycles. The summed E-state index contributed by atoms with van der Waals surface area (Å²) in [4.78, 5) is 8.64. The highest BCUT2D eigenvalue weighted by Gasteiger charge is 2.39. The van der Waals surface area contributed by atoms with Gasteiger partial charge in [-0.1, -0.05) is 13.3 Å². The molecule has 1 aromatic rings. The summed E-state index contributed by atoms with van der Waals surface area (Å²) in [5.41, 5.74) is 0. The number of nitrogens with one attached hydrogen (secondary N) is 1. The maximum absolute atomic E-state index is 4.55. The van der Waals surface area contributed by atoms with Gasteiger partial charge in [0.05, 0.1) is 0 Å². The zero-order valence-corrected chi connectivity index (χ0v) is 14.5. The molecule has 0 spiro atoms. The first kappa shape index (κ1) is 15.4. The fraction of sp³-hybridized carbons (Fsp3) is 0.824. The number of hydrogen-bond donors (Lipinski definition) is 1. The molecule has 1 aromatic heterocycles. The van der Waals surface area contributed by atoms with Gasteiger partial charge in [-0.15, -0.1) is 11.3 Å². The van der Waals surface area contributed by atoms with Crippen LogP contribution in [-0.4, -0.2) is 35.1 Å². The summed E-state index contributed by atoms with van der Waals surface area (Å²) in [6, 6.07) is 1.41. The minimum absolute atomic E-state index is 0.695. The van der Waals surface area contributed by atoms with Crippen LogP contribution in [0.4, 0.5) is 0 Å². The Morgan fingerprint density at radius 3 is 2.62 bits per heavy atom. The van der Waals surface area contributed by atoms with Crippen molar-refractivity contribution < 1.29 is 0 Å². The molecule has 0 radical (unpaired) electrons. The number of fused-ring (bicyclic) bond motifs is 2. The number of nitrogens with zero attached hydrogens (tertiary/aromatic N) is 2. The van der Waals surface area contributed by atoms with Crippen molar-refractivity contribution in [1.82, 2.24) is 15.2 Å². The Hall–Kier alpha value is -0.450. The SMILES string of the molecule is CCc1cnc(CNC2C3CCCC2CN(C(C)C)C3)s1. The zero-order valence-electron chi connectivity index (χ0n) is 13.6. The quantitative estimate of drug-likeness (QED) is 0.904. The Bertz CT molecular complexity index is 443. The number of thiazole rings is 1. The average molecular weight is 308 g/mol. The molecule has 2 fully saturated rings. The molecule has 2 unspecified atom stereocenters. The van der Waals surface area contributed by atoms with Crippen LogP contribution in [0.15, 0.2) is 6.20 Å². The van der Waals surface area contributed by atoms with E-state index in [9.17, 15) is 0 Å². The molecular formula is C17H29N3S. The van der Waals surface area contributed by atoms with Gasteiger partial charge in [0.15, 0.2) is 0 Å². The molecule has 1 N–H and O–H groups in total. The zero-order chi connectivity index (χ0) is 14.8. The van der Waals surface area contributed by atoms with Gasteiger partial charge in [0.25, 0.3) is 0 Å². The van der Waals surface area contributed by atoms with Crippen molar-refractivity contribution in [3.05, 3.63) is 16.1 Å². The molecule has 2 atom stereocenters. The van der Waals surface area contributed by atoms with Crippen LogP contribution in [0.25, 0.3) is 0 Å². The van der Waals surface area contributed by atoms with Crippen molar-refractivity contribution >= 4 is 11.3 Å². The van der Waals surface area contributed by atoms with E-state index in [1.54, 1.807) is 0 Å². The van der Waals surface area contributed by atoms with E-state index in [1.807, 2.05) is 17.5 Å². The topological polar surface area (TPSA) is 28.2 Å². The minimum atomic E-state index is 0.695. The lowest BCUT2D eigenvalue weighted by Crippen LogP contribution is -2.58.